The molecule has 3 fully saturated rings. The van der Waals surface area contributed by atoms with Gasteiger partial charge in [0.15, 0.2) is 0 Å². The minimum Gasteiger partial charge on any atom is -0.311 e. The van der Waals surface area contributed by atoms with Gasteiger partial charge in [-0.05, 0) is 52.6 Å². The Balaban J connectivity index is 0.000000172. The highest BCUT2D eigenvalue weighted by Gasteiger charge is 2.19. The van der Waals surface area contributed by atoms with E-state index in [1.165, 1.54) is 96.3 Å². The first-order valence-electron chi connectivity index (χ1n) is 10.2. The lowest BCUT2D eigenvalue weighted by Crippen LogP contribution is -2.40. The van der Waals surface area contributed by atoms with Crippen molar-refractivity contribution in [3.05, 3.63) is 0 Å². The van der Waals surface area contributed by atoms with Gasteiger partial charge in [0.05, 0.1) is 0 Å². The van der Waals surface area contributed by atoms with Crippen LogP contribution in [0.1, 0.15) is 96.3 Å². The van der Waals surface area contributed by atoms with Crippen LogP contribution in [0, 0.1) is 0 Å². The summed E-state index contributed by atoms with van der Waals surface area (Å²) in [6, 6.07) is 2.63. The first kappa shape index (κ1) is 18.3. The van der Waals surface area contributed by atoms with Gasteiger partial charge >= 0.3 is 0 Å². The van der Waals surface area contributed by atoms with E-state index in [-0.39, 0.29) is 0 Å². The van der Waals surface area contributed by atoms with Crippen LogP contribution in [0.15, 0.2) is 0 Å². The first-order chi connectivity index (χ1) is 10.8. The van der Waals surface area contributed by atoms with Crippen molar-refractivity contribution in [1.29, 1.82) is 0 Å². The largest absolute Gasteiger partial charge is 0.311 e. The van der Waals surface area contributed by atoms with E-state index in [1.807, 2.05) is 0 Å². The Kier molecular flexibility index (Phi) is 8.84. The molecule has 3 rings (SSSR count). The molecule has 0 spiro atoms. The Labute approximate surface area is 139 Å². The summed E-state index contributed by atoms with van der Waals surface area (Å²) in [4.78, 5) is 2.36. The summed E-state index contributed by atoms with van der Waals surface area (Å²) >= 11 is 0. The zero-order valence-electron chi connectivity index (χ0n) is 15.3. The van der Waals surface area contributed by atoms with Gasteiger partial charge in [0, 0.05) is 18.1 Å². The molecule has 3 aliphatic rings. The van der Waals surface area contributed by atoms with Crippen molar-refractivity contribution in [3.63, 3.8) is 0 Å². The van der Waals surface area contributed by atoms with E-state index in [4.69, 9.17) is 0 Å². The predicted molar refractivity (Wildman–Crippen MR) is 97.4 cm³/mol. The molecule has 0 unspecified atom stereocenters. The van der Waals surface area contributed by atoms with Crippen LogP contribution in [0.5, 0.6) is 0 Å². The van der Waals surface area contributed by atoms with Crippen LogP contribution in [-0.4, -0.2) is 37.1 Å². The average Bonchev–Trinajstić information content (AvgIpc) is 2.58. The average molecular weight is 309 g/mol. The van der Waals surface area contributed by atoms with E-state index in [0.29, 0.717) is 0 Å². The van der Waals surface area contributed by atoms with E-state index in [1.54, 1.807) is 0 Å². The summed E-state index contributed by atoms with van der Waals surface area (Å²) in [5.74, 6) is 0. The zero-order chi connectivity index (χ0) is 15.6. The molecule has 0 aromatic heterocycles. The van der Waals surface area contributed by atoms with Crippen LogP contribution >= 0.6 is 0 Å². The molecule has 130 valence electrons. The Morgan fingerprint density at radius 1 is 0.545 bits per heavy atom. The molecule has 0 saturated heterocycles. The Morgan fingerprint density at radius 2 is 0.909 bits per heavy atom. The normalized spacial score (nSPS) is 25.8. The molecular weight excluding hydrogens is 268 g/mol. The Bertz CT molecular complexity index is 243. The van der Waals surface area contributed by atoms with Gasteiger partial charge in [0.25, 0.3) is 0 Å². The number of hydrogen-bond acceptors (Lipinski definition) is 2. The summed E-state index contributed by atoms with van der Waals surface area (Å²) in [7, 11) is 4.38. The molecule has 0 aliphatic heterocycles. The fraction of sp³-hybridized carbons (Fsp3) is 1.00. The molecule has 0 bridgehead atoms. The van der Waals surface area contributed by atoms with Crippen LogP contribution < -0.4 is 5.32 Å². The second kappa shape index (κ2) is 10.6. The smallest absolute Gasteiger partial charge is 0.00891 e. The highest BCUT2D eigenvalue weighted by atomic mass is 15.1. The maximum Gasteiger partial charge on any atom is 0.00891 e. The minimum atomic E-state index is 0.872. The standard InChI is InChI=1S/C12H23N.C8H17N/c1-3-7-11(8-4-1)13-12-9-5-2-6-10-12;1-9(2)8-6-4-3-5-7-8/h11-13H,1-10H2;8H,3-7H2,1-2H3. The topological polar surface area (TPSA) is 15.3 Å². The summed E-state index contributed by atoms with van der Waals surface area (Å²) in [6.45, 7) is 0. The maximum atomic E-state index is 3.86. The van der Waals surface area contributed by atoms with Gasteiger partial charge in [-0.3, -0.25) is 0 Å². The van der Waals surface area contributed by atoms with Crippen molar-refractivity contribution >= 4 is 0 Å². The van der Waals surface area contributed by atoms with E-state index >= 15 is 0 Å². The van der Waals surface area contributed by atoms with Gasteiger partial charge in [0.1, 0.15) is 0 Å². The second-order valence-electron chi connectivity index (χ2n) is 8.09. The van der Waals surface area contributed by atoms with Crippen molar-refractivity contribution in [3.8, 4) is 0 Å². The first-order valence-corrected chi connectivity index (χ1v) is 10.2. The van der Waals surface area contributed by atoms with Crippen molar-refractivity contribution in [1.82, 2.24) is 10.2 Å². The molecule has 0 radical (unpaired) electrons. The number of nitrogens with one attached hydrogen (secondary N) is 1. The summed E-state index contributed by atoms with van der Waals surface area (Å²) in [5.41, 5.74) is 0. The molecule has 3 aliphatic carbocycles. The number of hydrogen-bond donors (Lipinski definition) is 1. The molecule has 0 aromatic rings. The molecule has 22 heavy (non-hydrogen) atoms. The molecule has 0 atom stereocenters. The molecule has 1 N–H and O–H groups in total. The quantitative estimate of drug-likeness (QED) is 0.778. The zero-order valence-corrected chi connectivity index (χ0v) is 15.3. The maximum absolute atomic E-state index is 3.86. The molecule has 0 aromatic carbocycles. The highest BCUT2D eigenvalue weighted by Crippen LogP contribution is 2.22. The second-order valence-corrected chi connectivity index (χ2v) is 8.09. The number of nitrogens with zero attached hydrogens (tertiary/aromatic N) is 1. The summed E-state index contributed by atoms with van der Waals surface area (Å²) < 4.78 is 0. The monoisotopic (exact) mass is 308 g/mol. The van der Waals surface area contributed by atoms with E-state index < -0.39 is 0 Å². The summed E-state index contributed by atoms with van der Waals surface area (Å²) in [5, 5.41) is 3.86. The van der Waals surface area contributed by atoms with Crippen LogP contribution in [0.2, 0.25) is 0 Å². The van der Waals surface area contributed by atoms with Gasteiger partial charge in [0.2, 0.25) is 0 Å². The van der Waals surface area contributed by atoms with Crippen LogP contribution in [0.25, 0.3) is 0 Å². The van der Waals surface area contributed by atoms with E-state index in [0.717, 1.165) is 18.1 Å². The molecule has 0 heterocycles. The molecule has 2 heteroatoms. The SMILES string of the molecule is C1CCC(NC2CCCCC2)CC1.CN(C)C1CCCCC1. The van der Waals surface area contributed by atoms with Crippen molar-refractivity contribution < 1.29 is 0 Å². The third-order valence-corrected chi connectivity index (χ3v) is 5.99. The van der Waals surface area contributed by atoms with Crippen LogP contribution in [0.3, 0.4) is 0 Å². The third-order valence-electron chi connectivity index (χ3n) is 5.99. The van der Waals surface area contributed by atoms with E-state index in [2.05, 4.69) is 24.3 Å². The van der Waals surface area contributed by atoms with Crippen LogP contribution in [0.4, 0.5) is 0 Å². The molecule has 3 saturated carbocycles. The molecular formula is C20H40N2. The lowest BCUT2D eigenvalue weighted by molar-refractivity contribution is 0.229. The lowest BCUT2D eigenvalue weighted by atomic mass is 9.91. The lowest BCUT2D eigenvalue weighted by Gasteiger charge is -2.30. The molecule has 0 amide bonds. The van der Waals surface area contributed by atoms with Crippen molar-refractivity contribution in [2.24, 2.45) is 0 Å². The Hall–Kier alpha value is -0.0800. The van der Waals surface area contributed by atoms with E-state index in [9.17, 15) is 0 Å². The highest BCUT2D eigenvalue weighted by molar-refractivity contribution is 4.79. The predicted octanol–water partition coefficient (Wildman–Crippen LogP) is 5.12. The molecule has 2 nitrogen and oxygen atoms in total. The fourth-order valence-electron chi connectivity index (χ4n) is 4.47. The summed E-state index contributed by atoms with van der Waals surface area (Å²) in [6.07, 6.45) is 21.8. The van der Waals surface area contributed by atoms with Gasteiger partial charge in [-0.25, -0.2) is 0 Å². The minimum absolute atomic E-state index is 0.872. The van der Waals surface area contributed by atoms with Gasteiger partial charge in [-0.2, -0.15) is 0 Å². The fourth-order valence-corrected chi connectivity index (χ4v) is 4.47. The third kappa shape index (κ3) is 7.00. The number of rotatable bonds is 3. The van der Waals surface area contributed by atoms with Crippen molar-refractivity contribution in [2.45, 2.75) is 114 Å². The van der Waals surface area contributed by atoms with Crippen molar-refractivity contribution in [2.75, 3.05) is 14.1 Å². The van der Waals surface area contributed by atoms with Gasteiger partial charge < -0.3 is 10.2 Å². The van der Waals surface area contributed by atoms with Gasteiger partial charge in [-0.1, -0.05) is 57.8 Å². The van der Waals surface area contributed by atoms with Crippen LogP contribution in [-0.2, 0) is 0 Å². The van der Waals surface area contributed by atoms with Gasteiger partial charge in [-0.15, -0.1) is 0 Å². The Morgan fingerprint density at radius 3 is 1.23 bits per heavy atom.